The molecule has 2 aliphatic rings. The molecule has 1 aromatic heterocycles. The first-order chi connectivity index (χ1) is 12.8. The summed E-state index contributed by atoms with van der Waals surface area (Å²) < 4.78 is 11.4. The number of methoxy groups -OCH3 is 1. The van der Waals surface area contributed by atoms with E-state index >= 15 is 0 Å². The van der Waals surface area contributed by atoms with Crippen LogP contribution in [0.4, 0.5) is 5.95 Å². The lowest BCUT2D eigenvalue weighted by Gasteiger charge is -2.35. The second kappa shape index (κ2) is 7.50. The average molecular weight is 354 g/mol. The maximum Gasteiger partial charge on any atom is 0.222 e. The lowest BCUT2D eigenvalue weighted by molar-refractivity contribution is 0.0865. The van der Waals surface area contributed by atoms with Crippen LogP contribution in [0.15, 0.2) is 36.7 Å². The van der Waals surface area contributed by atoms with Crippen molar-refractivity contribution >= 4 is 5.95 Å². The average Bonchev–Trinajstić information content (AvgIpc) is 3.29. The molecule has 2 unspecified atom stereocenters. The smallest absolute Gasteiger partial charge is 0.222 e. The SMILES string of the molecule is CNc1ncc(CN2C3CCC(C3)[C@H]2COc2cccc(OC)c2)cn1. The van der Waals surface area contributed by atoms with Gasteiger partial charge in [-0.15, -0.1) is 0 Å². The first-order valence-corrected chi connectivity index (χ1v) is 9.28. The van der Waals surface area contributed by atoms with E-state index in [1.807, 2.05) is 43.7 Å². The van der Waals surface area contributed by atoms with Crippen LogP contribution in [-0.2, 0) is 6.54 Å². The molecule has 1 saturated carbocycles. The number of benzene rings is 1. The molecule has 0 amide bonds. The highest BCUT2D eigenvalue weighted by Gasteiger charge is 2.45. The molecule has 2 aromatic rings. The van der Waals surface area contributed by atoms with Gasteiger partial charge in [0, 0.05) is 49.7 Å². The summed E-state index contributed by atoms with van der Waals surface area (Å²) in [6, 6.07) is 8.94. The Bertz CT molecular complexity index is 737. The Morgan fingerprint density at radius 2 is 2.00 bits per heavy atom. The van der Waals surface area contributed by atoms with Crippen LogP contribution in [-0.4, -0.2) is 47.7 Å². The van der Waals surface area contributed by atoms with E-state index in [0.717, 1.165) is 29.5 Å². The van der Waals surface area contributed by atoms with Gasteiger partial charge >= 0.3 is 0 Å². The van der Waals surface area contributed by atoms with Gasteiger partial charge in [-0.1, -0.05) is 6.07 Å². The fraction of sp³-hybridized carbons (Fsp3) is 0.500. The van der Waals surface area contributed by atoms with Gasteiger partial charge in [0.1, 0.15) is 18.1 Å². The molecule has 2 fully saturated rings. The number of anilines is 1. The van der Waals surface area contributed by atoms with Crippen LogP contribution in [0.5, 0.6) is 11.5 Å². The first-order valence-electron chi connectivity index (χ1n) is 9.28. The molecular weight excluding hydrogens is 328 g/mol. The van der Waals surface area contributed by atoms with Gasteiger partial charge in [-0.3, -0.25) is 4.90 Å². The van der Waals surface area contributed by atoms with Crippen LogP contribution >= 0.6 is 0 Å². The normalized spacial score (nSPS) is 24.6. The van der Waals surface area contributed by atoms with E-state index in [1.54, 1.807) is 7.11 Å². The minimum atomic E-state index is 0.448. The van der Waals surface area contributed by atoms with Crippen molar-refractivity contribution in [3.05, 3.63) is 42.2 Å². The largest absolute Gasteiger partial charge is 0.497 e. The molecule has 1 aliphatic heterocycles. The summed E-state index contributed by atoms with van der Waals surface area (Å²) in [7, 11) is 3.51. The lowest BCUT2D eigenvalue weighted by atomic mass is 9.99. The number of nitrogens with zero attached hydrogens (tertiary/aromatic N) is 3. The Kier molecular flexibility index (Phi) is 4.93. The summed E-state index contributed by atoms with van der Waals surface area (Å²) in [5, 5.41) is 2.97. The molecule has 0 spiro atoms. The second-order valence-corrected chi connectivity index (χ2v) is 7.12. The molecule has 2 bridgehead atoms. The van der Waals surface area contributed by atoms with Crippen molar-refractivity contribution < 1.29 is 9.47 Å². The van der Waals surface area contributed by atoms with Crippen molar-refractivity contribution in [1.82, 2.24) is 14.9 Å². The number of aromatic nitrogens is 2. The molecule has 2 heterocycles. The Hall–Kier alpha value is -2.34. The number of nitrogens with one attached hydrogen (secondary N) is 1. The van der Waals surface area contributed by atoms with Crippen LogP contribution in [0, 0.1) is 5.92 Å². The number of hydrogen-bond acceptors (Lipinski definition) is 6. The molecule has 1 N–H and O–H groups in total. The van der Waals surface area contributed by atoms with Crippen LogP contribution in [0.25, 0.3) is 0 Å². The van der Waals surface area contributed by atoms with Crippen molar-refractivity contribution in [2.45, 2.75) is 37.9 Å². The molecule has 138 valence electrons. The number of likely N-dealkylation sites (tertiary alicyclic amines) is 1. The lowest BCUT2D eigenvalue weighted by Crippen LogP contribution is -2.43. The van der Waals surface area contributed by atoms with Crippen LogP contribution < -0.4 is 14.8 Å². The summed E-state index contributed by atoms with van der Waals surface area (Å²) >= 11 is 0. The molecule has 26 heavy (non-hydrogen) atoms. The minimum absolute atomic E-state index is 0.448. The number of rotatable bonds is 7. The van der Waals surface area contributed by atoms with E-state index in [4.69, 9.17) is 9.47 Å². The molecule has 1 saturated heterocycles. The Balaban J connectivity index is 1.43. The molecule has 0 radical (unpaired) electrons. The number of ether oxygens (including phenoxy) is 2. The maximum atomic E-state index is 6.13. The highest BCUT2D eigenvalue weighted by molar-refractivity contribution is 5.33. The fourth-order valence-corrected chi connectivity index (χ4v) is 4.31. The highest BCUT2D eigenvalue weighted by Crippen LogP contribution is 2.43. The van der Waals surface area contributed by atoms with Crippen molar-refractivity contribution in [3.8, 4) is 11.5 Å². The van der Waals surface area contributed by atoms with Crippen molar-refractivity contribution in [2.24, 2.45) is 5.92 Å². The van der Waals surface area contributed by atoms with Crippen molar-refractivity contribution in [3.63, 3.8) is 0 Å². The Labute approximate surface area is 154 Å². The van der Waals surface area contributed by atoms with Crippen LogP contribution in [0.3, 0.4) is 0 Å². The summed E-state index contributed by atoms with van der Waals surface area (Å²) in [5.74, 6) is 3.08. The van der Waals surface area contributed by atoms with Gasteiger partial charge in [0.2, 0.25) is 5.95 Å². The van der Waals surface area contributed by atoms with Gasteiger partial charge < -0.3 is 14.8 Å². The van der Waals surface area contributed by atoms with Gasteiger partial charge in [0.05, 0.1) is 7.11 Å². The Morgan fingerprint density at radius 1 is 1.19 bits per heavy atom. The van der Waals surface area contributed by atoms with Crippen LogP contribution in [0.2, 0.25) is 0 Å². The molecule has 4 rings (SSSR count). The monoisotopic (exact) mass is 354 g/mol. The quantitative estimate of drug-likeness (QED) is 0.825. The van der Waals surface area contributed by atoms with Crippen LogP contribution in [0.1, 0.15) is 24.8 Å². The first kappa shape index (κ1) is 17.1. The maximum absolute atomic E-state index is 6.13. The summed E-state index contributed by atoms with van der Waals surface area (Å²) in [4.78, 5) is 11.3. The number of piperidine rings is 1. The molecular formula is C20H26N4O2. The van der Waals surface area contributed by atoms with E-state index in [-0.39, 0.29) is 0 Å². The Morgan fingerprint density at radius 3 is 2.77 bits per heavy atom. The van der Waals surface area contributed by atoms with Gasteiger partial charge in [0.15, 0.2) is 0 Å². The van der Waals surface area contributed by atoms with Gasteiger partial charge in [-0.25, -0.2) is 9.97 Å². The van der Waals surface area contributed by atoms with Gasteiger partial charge in [0.25, 0.3) is 0 Å². The number of hydrogen-bond donors (Lipinski definition) is 1. The van der Waals surface area contributed by atoms with E-state index in [1.165, 1.54) is 19.3 Å². The predicted octanol–water partition coefficient (Wildman–Crippen LogP) is 2.96. The minimum Gasteiger partial charge on any atom is -0.497 e. The van der Waals surface area contributed by atoms with Gasteiger partial charge in [-0.05, 0) is 37.3 Å². The third-order valence-corrected chi connectivity index (χ3v) is 5.64. The zero-order valence-corrected chi connectivity index (χ0v) is 15.4. The molecule has 3 atom stereocenters. The third kappa shape index (κ3) is 3.46. The van der Waals surface area contributed by atoms with E-state index < -0.39 is 0 Å². The topological polar surface area (TPSA) is 59.5 Å². The molecule has 6 nitrogen and oxygen atoms in total. The van der Waals surface area contributed by atoms with E-state index in [9.17, 15) is 0 Å². The molecule has 6 heteroatoms. The second-order valence-electron chi connectivity index (χ2n) is 7.12. The van der Waals surface area contributed by atoms with E-state index in [0.29, 0.717) is 24.6 Å². The highest BCUT2D eigenvalue weighted by atomic mass is 16.5. The van der Waals surface area contributed by atoms with Crippen molar-refractivity contribution in [1.29, 1.82) is 0 Å². The summed E-state index contributed by atoms with van der Waals surface area (Å²) in [6.45, 7) is 1.60. The summed E-state index contributed by atoms with van der Waals surface area (Å²) in [5.41, 5.74) is 1.16. The fourth-order valence-electron chi connectivity index (χ4n) is 4.31. The zero-order valence-electron chi connectivity index (χ0n) is 15.4. The molecule has 1 aliphatic carbocycles. The predicted molar refractivity (Wildman–Crippen MR) is 101 cm³/mol. The molecule has 1 aromatic carbocycles. The van der Waals surface area contributed by atoms with E-state index in [2.05, 4.69) is 20.2 Å². The third-order valence-electron chi connectivity index (χ3n) is 5.64. The standard InChI is InChI=1S/C20H26N4O2/c1-21-20-22-10-14(11-23-20)12-24-16-7-6-15(8-16)19(24)13-26-18-5-3-4-17(9-18)25-2/h3-5,9-11,15-16,19H,6-8,12-13H2,1-2H3,(H,21,22,23)/t15?,16?,19-/m1/s1. The number of fused-ring (bicyclic) bond motifs is 2. The zero-order chi connectivity index (χ0) is 17.9. The van der Waals surface area contributed by atoms with Crippen molar-refractivity contribution in [2.75, 3.05) is 26.1 Å². The van der Waals surface area contributed by atoms with Gasteiger partial charge in [-0.2, -0.15) is 0 Å². The summed E-state index contributed by atoms with van der Waals surface area (Å²) in [6.07, 6.45) is 7.72.